The molecular formula is C22H45IO4. The van der Waals surface area contributed by atoms with Crippen molar-refractivity contribution in [1.82, 2.24) is 0 Å². The Morgan fingerprint density at radius 3 is 1.15 bits per heavy atom. The molecule has 0 aliphatic rings. The summed E-state index contributed by atoms with van der Waals surface area (Å²) in [6.45, 7) is 7.96. The number of unbranched alkanes of at least 4 members (excludes halogenated alkanes) is 10. The first kappa shape index (κ1) is 27.6. The molecule has 5 heteroatoms. The zero-order valence-corrected chi connectivity index (χ0v) is 20.0. The monoisotopic (exact) mass is 500 g/mol. The lowest BCUT2D eigenvalue weighted by atomic mass is 10.1. The van der Waals surface area contributed by atoms with E-state index in [1.807, 2.05) is 0 Å². The van der Waals surface area contributed by atoms with Crippen LogP contribution in [0.2, 0.25) is 0 Å². The molecule has 0 amide bonds. The Kier molecular flexibility index (Phi) is 27.1. The summed E-state index contributed by atoms with van der Waals surface area (Å²) in [6.07, 6.45) is 15.8. The molecule has 0 unspecified atom stereocenters. The third-order valence-electron chi connectivity index (χ3n) is 4.43. The van der Waals surface area contributed by atoms with Crippen LogP contribution in [0, 0.1) is 0 Å². The molecule has 0 aliphatic carbocycles. The molecule has 0 aromatic heterocycles. The summed E-state index contributed by atoms with van der Waals surface area (Å²) in [5.41, 5.74) is 0. The van der Waals surface area contributed by atoms with Gasteiger partial charge in [0.05, 0.1) is 39.6 Å². The lowest BCUT2D eigenvalue weighted by molar-refractivity contribution is -0.00248. The number of hydrogen-bond acceptors (Lipinski definition) is 4. The zero-order chi connectivity index (χ0) is 19.7. The average molecular weight is 501 g/mol. The predicted molar refractivity (Wildman–Crippen MR) is 123 cm³/mol. The summed E-state index contributed by atoms with van der Waals surface area (Å²) in [6, 6.07) is 0. The topological polar surface area (TPSA) is 36.9 Å². The van der Waals surface area contributed by atoms with E-state index in [1.54, 1.807) is 0 Å². The van der Waals surface area contributed by atoms with Gasteiger partial charge in [0.25, 0.3) is 0 Å². The molecule has 0 rings (SSSR count). The smallest absolute Gasteiger partial charge is 0.0701 e. The van der Waals surface area contributed by atoms with Crippen molar-refractivity contribution in [1.29, 1.82) is 0 Å². The number of halogens is 1. The molecule has 0 aliphatic heterocycles. The molecule has 0 bridgehead atoms. The first-order chi connectivity index (χ1) is 13.4. The quantitative estimate of drug-likeness (QED) is 0.0900. The van der Waals surface area contributed by atoms with Crippen LogP contribution in [-0.2, 0) is 18.9 Å². The highest BCUT2D eigenvalue weighted by Crippen LogP contribution is 2.08. The minimum atomic E-state index is 0.636. The summed E-state index contributed by atoms with van der Waals surface area (Å²) < 4.78 is 23.4. The van der Waals surface area contributed by atoms with E-state index in [9.17, 15) is 0 Å². The van der Waals surface area contributed by atoms with Crippen molar-refractivity contribution in [3.63, 3.8) is 0 Å². The molecule has 4 nitrogen and oxygen atoms in total. The molecule has 0 saturated carbocycles. The van der Waals surface area contributed by atoms with Gasteiger partial charge in [0.1, 0.15) is 0 Å². The van der Waals surface area contributed by atoms with E-state index in [4.69, 9.17) is 18.9 Å². The van der Waals surface area contributed by atoms with Crippen molar-refractivity contribution in [2.45, 2.75) is 84.0 Å². The van der Waals surface area contributed by atoms with Crippen LogP contribution in [0.25, 0.3) is 0 Å². The van der Waals surface area contributed by atoms with E-state index in [-0.39, 0.29) is 0 Å². The van der Waals surface area contributed by atoms with Crippen LogP contribution in [-0.4, -0.2) is 57.3 Å². The van der Waals surface area contributed by atoms with Gasteiger partial charge in [-0.3, -0.25) is 0 Å². The van der Waals surface area contributed by atoms with Gasteiger partial charge < -0.3 is 18.9 Å². The summed E-state index contributed by atoms with van der Waals surface area (Å²) in [5, 5.41) is 0. The molecule has 0 atom stereocenters. The van der Waals surface area contributed by atoms with Crippen LogP contribution < -0.4 is 0 Å². The van der Waals surface area contributed by atoms with Crippen molar-refractivity contribution in [3.8, 4) is 0 Å². The summed E-state index contributed by atoms with van der Waals surface area (Å²) in [5.74, 6) is 0. The number of alkyl halides is 1. The molecular weight excluding hydrogens is 455 g/mol. The lowest BCUT2D eigenvalue weighted by Crippen LogP contribution is -2.12. The Balaban J connectivity index is 2.95. The molecule has 0 spiro atoms. The fourth-order valence-corrected chi connectivity index (χ4v) is 3.29. The molecule has 0 radical (unpaired) electrons. The van der Waals surface area contributed by atoms with Gasteiger partial charge in [-0.1, -0.05) is 87.3 Å². The average Bonchev–Trinajstić information content (AvgIpc) is 2.68. The number of rotatable bonds is 24. The molecule has 0 fully saturated rings. The maximum absolute atomic E-state index is 5.60. The largest absolute Gasteiger partial charge is 0.379 e. The highest BCUT2D eigenvalue weighted by Gasteiger charge is 1.95. The van der Waals surface area contributed by atoms with Crippen molar-refractivity contribution >= 4 is 22.6 Å². The number of hydrogen-bond donors (Lipinski definition) is 0. The predicted octanol–water partition coefficient (Wildman–Crippen LogP) is 6.19. The van der Waals surface area contributed by atoms with Crippen LogP contribution in [0.3, 0.4) is 0 Å². The summed E-state index contributed by atoms with van der Waals surface area (Å²) in [7, 11) is 0. The van der Waals surface area contributed by atoms with Crippen molar-refractivity contribution < 1.29 is 18.9 Å². The van der Waals surface area contributed by atoms with Gasteiger partial charge in [0.15, 0.2) is 0 Å². The minimum absolute atomic E-state index is 0.636. The van der Waals surface area contributed by atoms with Crippen LogP contribution in [0.5, 0.6) is 0 Å². The van der Waals surface area contributed by atoms with E-state index in [0.717, 1.165) is 13.2 Å². The molecule has 0 N–H and O–H groups in total. The normalized spacial score (nSPS) is 11.3. The van der Waals surface area contributed by atoms with Gasteiger partial charge in [-0.15, -0.1) is 0 Å². The van der Waals surface area contributed by atoms with Gasteiger partial charge in [-0.05, 0) is 23.7 Å². The van der Waals surface area contributed by atoms with Crippen molar-refractivity contribution in [2.75, 3.05) is 57.3 Å². The maximum Gasteiger partial charge on any atom is 0.0701 e. The molecule has 0 heterocycles. The summed E-state index contributed by atoms with van der Waals surface area (Å²) >= 11 is 2.43. The first-order valence-corrected chi connectivity index (χ1v) is 12.8. The van der Waals surface area contributed by atoms with Gasteiger partial charge >= 0.3 is 0 Å². The Hall–Kier alpha value is 0.570. The third-order valence-corrected chi connectivity index (χ3v) is 5.19. The number of ether oxygens (including phenoxy) is 4. The molecule has 27 heavy (non-hydrogen) atoms. The minimum Gasteiger partial charge on any atom is -0.379 e. The third kappa shape index (κ3) is 26.6. The van der Waals surface area contributed by atoms with Crippen molar-refractivity contribution in [2.24, 2.45) is 0 Å². The Morgan fingerprint density at radius 2 is 0.741 bits per heavy atom. The molecule has 0 saturated heterocycles. The highest BCUT2D eigenvalue weighted by atomic mass is 127. The first-order valence-electron chi connectivity index (χ1n) is 11.3. The van der Waals surface area contributed by atoms with Gasteiger partial charge in [-0.2, -0.15) is 0 Å². The van der Waals surface area contributed by atoms with Gasteiger partial charge in [-0.25, -0.2) is 0 Å². The lowest BCUT2D eigenvalue weighted by Gasteiger charge is -2.07. The zero-order valence-electron chi connectivity index (χ0n) is 17.9. The molecule has 164 valence electrons. The molecule has 0 aromatic carbocycles. The van der Waals surface area contributed by atoms with Crippen LogP contribution in [0.1, 0.15) is 84.0 Å². The van der Waals surface area contributed by atoms with Gasteiger partial charge in [0, 0.05) is 13.2 Å². The Morgan fingerprint density at radius 1 is 0.407 bits per heavy atom. The maximum atomic E-state index is 5.60. The summed E-state index contributed by atoms with van der Waals surface area (Å²) in [4.78, 5) is 0. The standard InChI is InChI=1S/C22H45IO4/c1-2-3-4-5-6-7-9-12-15-24-17-19-26-21-22-27-20-18-25-16-13-10-8-11-14-23/h2-22H2,1H3. The SMILES string of the molecule is CCCCCCCCCCOCCOCCOCCOCCCCCCI. The second-order valence-corrected chi connectivity index (χ2v) is 8.11. The Bertz CT molecular complexity index is 230. The highest BCUT2D eigenvalue weighted by molar-refractivity contribution is 14.1. The second kappa shape index (κ2) is 26.6. The molecule has 0 aromatic rings. The fraction of sp³-hybridized carbons (Fsp3) is 1.00. The van der Waals surface area contributed by atoms with E-state index in [1.165, 1.54) is 81.5 Å². The van der Waals surface area contributed by atoms with E-state index < -0.39 is 0 Å². The fourth-order valence-electron chi connectivity index (χ4n) is 2.75. The second-order valence-electron chi connectivity index (χ2n) is 7.03. The van der Waals surface area contributed by atoms with Crippen LogP contribution in [0.4, 0.5) is 0 Å². The van der Waals surface area contributed by atoms with Gasteiger partial charge in [0.2, 0.25) is 0 Å². The van der Waals surface area contributed by atoms with E-state index in [0.29, 0.717) is 39.6 Å². The van der Waals surface area contributed by atoms with Crippen LogP contribution >= 0.6 is 22.6 Å². The Labute approximate surface area is 182 Å². The van der Waals surface area contributed by atoms with E-state index in [2.05, 4.69) is 29.5 Å². The van der Waals surface area contributed by atoms with E-state index >= 15 is 0 Å². The van der Waals surface area contributed by atoms with Crippen molar-refractivity contribution in [3.05, 3.63) is 0 Å². The van der Waals surface area contributed by atoms with Crippen LogP contribution in [0.15, 0.2) is 0 Å².